The van der Waals surface area contributed by atoms with Crippen LogP contribution in [0.15, 0.2) is 34.1 Å². The molecule has 0 N–H and O–H groups in total. The van der Waals surface area contributed by atoms with Crippen LogP contribution >= 0.6 is 0 Å². The minimum atomic E-state index is -0.401. The number of ether oxygens (including phenoxy) is 1. The van der Waals surface area contributed by atoms with Crippen LogP contribution in [0.2, 0.25) is 0 Å². The van der Waals surface area contributed by atoms with Gasteiger partial charge in [-0.05, 0) is 6.07 Å². The average Bonchev–Trinajstić information content (AvgIpc) is 2.95. The Hall–Kier alpha value is -2.90. The minimum Gasteiger partial charge on any atom is -0.481 e. The molecule has 0 unspecified atom stereocenters. The fourth-order valence-corrected chi connectivity index (χ4v) is 2.35. The summed E-state index contributed by atoms with van der Waals surface area (Å²) in [7, 11) is 4.58. The minimum absolute atomic E-state index is 0.357. The van der Waals surface area contributed by atoms with E-state index in [1.165, 1.54) is 17.9 Å². The van der Waals surface area contributed by atoms with Gasteiger partial charge in [0.15, 0.2) is 11.2 Å². The molecule has 8 nitrogen and oxygen atoms in total. The SMILES string of the molecule is COc1cccc(Cn2cnc3c2c(=O)n(C)c(=O)n3C)n1. The van der Waals surface area contributed by atoms with Crippen molar-refractivity contribution < 1.29 is 4.74 Å². The summed E-state index contributed by atoms with van der Waals surface area (Å²) < 4.78 is 9.19. The van der Waals surface area contributed by atoms with Gasteiger partial charge in [0.1, 0.15) is 0 Å². The van der Waals surface area contributed by atoms with Gasteiger partial charge in [-0.25, -0.2) is 14.8 Å². The molecule has 0 radical (unpaired) electrons. The fraction of sp³-hybridized carbons (Fsp3) is 0.286. The van der Waals surface area contributed by atoms with E-state index in [4.69, 9.17) is 4.74 Å². The first-order chi connectivity index (χ1) is 10.5. The summed E-state index contributed by atoms with van der Waals surface area (Å²) >= 11 is 0. The van der Waals surface area contributed by atoms with E-state index < -0.39 is 5.69 Å². The molecule has 0 saturated heterocycles. The zero-order valence-electron chi connectivity index (χ0n) is 12.5. The van der Waals surface area contributed by atoms with Crippen molar-refractivity contribution in [1.29, 1.82) is 0 Å². The van der Waals surface area contributed by atoms with E-state index in [2.05, 4.69) is 9.97 Å². The summed E-state index contributed by atoms with van der Waals surface area (Å²) in [5.41, 5.74) is 0.681. The fourth-order valence-electron chi connectivity index (χ4n) is 2.35. The molecule has 0 aliphatic carbocycles. The number of hydrogen-bond donors (Lipinski definition) is 0. The van der Waals surface area contributed by atoms with E-state index in [0.29, 0.717) is 23.6 Å². The largest absolute Gasteiger partial charge is 0.481 e. The van der Waals surface area contributed by atoms with E-state index >= 15 is 0 Å². The van der Waals surface area contributed by atoms with Crippen LogP contribution in [0, 0.1) is 0 Å². The molecular weight excluding hydrogens is 286 g/mol. The summed E-state index contributed by atoms with van der Waals surface area (Å²) in [5.74, 6) is 0.502. The Morgan fingerprint density at radius 2 is 1.95 bits per heavy atom. The molecule has 0 bridgehead atoms. The van der Waals surface area contributed by atoms with Gasteiger partial charge in [-0.15, -0.1) is 0 Å². The molecule has 114 valence electrons. The number of rotatable bonds is 3. The van der Waals surface area contributed by atoms with Crippen molar-refractivity contribution in [1.82, 2.24) is 23.7 Å². The van der Waals surface area contributed by atoms with Crippen LogP contribution in [0.4, 0.5) is 0 Å². The van der Waals surface area contributed by atoms with Gasteiger partial charge in [-0.1, -0.05) is 6.07 Å². The van der Waals surface area contributed by atoms with Crippen LogP contribution in [0.25, 0.3) is 11.2 Å². The topological polar surface area (TPSA) is 83.9 Å². The van der Waals surface area contributed by atoms with Crippen LogP contribution < -0.4 is 16.0 Å². The van der Waals surface area contributed by atoms with Crippen molar-refractivity contribution in [2.45, 2.75) is 6.54 Å². The standard InChI is InChI=1S/C14H15N5O3/c1-17-12-11(13(20)18(2)14(17)21)19(8-15-12)7-9-5-4-6-10(16-9)22-3/h4-6,8H,7H2,1-3H3. The smallest absolute Gasteiger partial charge is 0.332 e. The molecule has 3 rings (SSSR count). The number of methoxy groups -OCH3 is 1. The van der Waals surface area contributed by atoms with Crippen molar-refractivity contribution in [3.05, 3.63) is 51.1 Å². The van der Waals surface area contributed by atoms with E-state index in [1.807, 2.05) is 12.1 Å². The van der Waals surface area contributed by atoms with Gasteiger partial charge in [0.25, 0.3) is 5.56 Å². The second kappa shape index (κ2) is 5.14. The molecule has 3 aromatic rings. The molecule has 0 aromatic carbocycles. The Morgan fingerprint density at radius 1 is 1.18 bits per heavy atom. The number of nitrogens with zero attached hydrogens (tertiary/aromatic N) is 5. The first-order valence-corrected chi connectivity index (χ1v) is 6.63. The number of aryl methyl sites for hydroxylation is 1. The molecule has 3 heterocycles. The van der Waals surface area contributed by atoms with Gasteiger partial charge in [-0.3, -0.25) is 13.9 Å². The highest BCUT2D eigenvalue weighted by molar-refractivity contribution is 5.70. The summed E-state index contributed by atoms with van der Waals surface area (Å²) in [6.45, 7) is 0.362. The normalized spacial score (nSPS) is 11.0. The van der Waals surface area contributed by atoms with Crippen molar-refractivity contribution in [2.75, 3.05) is 7.11 Å². The van der Waals surface area contributed by atoms with Crippen molar-refractivity contribution >= 4 is 11.2 Å². The van der Waals surface area contributed by atoms with E-state index in [9.17, 15) is 9.59 Å². The Labute approximate surface area is 125 Å². The summed E-state index contributed by atoms with van der Waals surface area (Å²) in [5, 5.41) is 0. The van der Waals surface area contributed by atoms with Crippen LogP contribution in [0.3, 0.4) is 0 Å². The summed E-state index contributed by atoms with van der Waals surface area (Å²) in [6.07, 6.45) is 1.53. The van der Waals surface area contributed by atoms with Crippen LogP contribution in [0.1, 0.15) is 5.69 Å². The van der Waals surface area contributed by atoms with Gasteiger partial charge < -0.3 is 9.30 Å². The molecule has 0 aliphatic rings. The molecule has 0 amide bonds. The quantitative estimate of drug-likeness (QED) is 0.674. The number of hydrogen-bond acceptors (Lipinski definition) is 5. The van der Waals surface area contributed by atoms with Gasteiger partial charge >= 0.3 is 5.69 Å². The maximum absolute atomic E-state index is 12.3. The van der Waals surface area contributed by atoms with E-state index in [-0.39, 0.29) is 5.56 Å². The predicted octanol–water partition coefficient (Wildman–Crippen LogP) is -0.114. The molecule has 0 saturated carbocycles. The third-order valence-corrected chi connectivity index (χ3v) is 3.54. The third kappa shape index (κ3) is 2.09. The molecule has 22 heavy (non-hydrogen) atoms. The summed E-state index contributed by atoms with van der Waals surface area (Å²) in [6, 6.07) is 5.41. The van der Waals surface area contributed by atoms with E-state index in [0.717, 1.165) is 10.3 Å². The molecule has 8 heteroatoms. The monoisotopic (exact) mass is 301 g/mol. The summed E-state index contributed by atoms with van der Waals surface area (Å²) in [4.78, 5) is 32.7. The first kappa shape index (κ1) is 14.1. The first-order valence-electron chi connectivity index (χ1n) is 6.63. The second-order valence-electron chi connectivity index (χ2n) is 4.92. The maximum Gasteiger partial charge on any atom is 0.332 e. The lowest BCUT2D eigenvalue weighted by molar-refractivity contribution is 0.396. The number of imidazole rings is 1. The highest BCUT2D eigenvalue weighted by Gasteiger charge is 2.14. The second-order valence-corrected chi connectivity index (χ2v) is 4.92. The van der Waals surface area contributed by atoms with E-state index in [1.54, 1.807) is 24.8 Å². The lowest BCUT2D eigenvalue weighted by Crippen LogP contribution is -2.37. The highest BCUT2D eigenvalue weighted by Crippen LogP contribution is 2.11. The van der Waals surface area contributed by atoms with Gasteiger partial charge in [-0.2, -0.15) is 0 Å². The van der Waals surface area contributed by atoms with Crippen LogP contribution in [0.5, 0.6) is 5.88 Å². The lowest BCUT2D eigenvalue weighted by Gasteiger charge is -2.07. The average molecular weight is 301 g/mol. The maximum atomic E-state index is 12.3. The van der Waals surface area contributed by atoms with Gasteiger partial charge in [0.2, 0.25) is 5.88 Å². The van der Waals surface area contributed by atoms with Gasteiger partial charge in [0, 0.05) is 20.2 Å². The molecular formula is C14H15N5O3. The Balaban J connectivity index is 2.16. The van der Waals surface area contributed by atoms with Crippen LogP contribution in [-0.2, 0) is 20.6 Å². The zero-order valence-corrected chi connectivity index (χ0v) is 12.5. The number of fused-ring (bicyclic) bond motifs is 1. The Kier molecular flexibility index (Phi) is 3.28. The van der Waals surface area contributed by atoms with Gasteiger partial charge in [0.05, 0.1) is 25.7 Å². The Morgan fingerprint density at radius 3 is 2.68 bits per heavy atom. The predicted molar refractivity (Wildman–Crippen MR) is 80.1 cm³/mol. The lowest BCUT2D eigenvalue weighted by atomic mass is 10.3. The molecule has 0 atom stereocenters. The zero-order chi connectivity index (χ0) is 15.9. The van der Waals surface area contributed by atoms with Crippen molar-refractivity contribution in [3.63, 3.8) is 0 Å². The van der Waals surface area contributed by atoms with Crippen LogP contribution in [-0.4, -0.2) is 30.8 Å². The highest BCUT2D eigenvalue weighted by atomic mass is 16.5. The Bertz CT molecular complexity index is 967. The molecule has 3 aromatic heterocycles. The molecule has 0 fully saturated rings. The molecule has 0 aliphatic heterocycles. The number of pyridine rings is 1. The van der Waals surface area contributed by atoms with Crippen molar-refractivity contribution in [2.24, 2.45) is 14.1 Å². The third-order valence-electron chi connectivity index (χ3n) is 3.54. The van der Waals surface area contributed by atoms with Crippen molar-refractivity contribution in [3.8, 4) is 5.88 Å². The molecule has 0 spiro atoms. The number of aromatic nitrogens is 5.